The molecule has 0 N–H and O–H groups in total. The minimum Gasteiger partial charge on any atom is -1.00 e. The zero-order chi connectivity index (χ0) is 26.0. The van der Waals surface area contributed by atoms with E-state index in [4.69, 9.17) is 0 Å². The maximum atomic E-state index is 2.28. The molecule has 0 radical (unpaired) electrons. The first-order valence-electron chi connectivity index (χ1n) is 13.1. The van der Waals surface area contributed by atoms with E-state index < -0.39 is 0 Å². The molecule has 0 atom stereocenters. The number of hydrogen-bond acceptors (Lipinski definition) is 0. The molecule has 45 heavy (non-hydrogen) atoms. The monoisotopic (exact) mass is 1190 g/mol. The van der Waals surface area contributed by atoms with Crippen LogP contribution >= 0.6 is 0 Å². The van der Waals surface area contributed by atoms with Crippen LogP contribution in [0.2, 0.25) is 0 Å². The predicted octanol–water partition coefficient (Wildman–Crippen LogP) is -4.60. The maximum absolute atomic E-state index is 2.28. The van der Waals surface area contributed by atoms with E-state index in [0.29, 0.717) is 0 Å². The Kier molecular flexibility index (Phi) is 21.2. The molecule has 3 aliphatic heterocycles. The summed E-state index contributed by atoms with van der Waals surface area (Å²) >= 11 is -0.783. The van der Waals surface area contributed by atoms with Crippen molar-refractivity contribution >= 4 is 80.1 Å². The Morgan fingerprint density at radius 2 is 0.644 bits per heavy atom. The summed E-state index contributed by atoms with van der Waals surface area (Å²) in [6.07, 6.45) is 26.5. The van der Waals surface area contributed by atoms with E-state index >= 15 is 0 Å². The summed E-state index contributed by atoms with van der Waals surface area (Å²) in [5, 5.41) is 4.44. The third-order valence-corrected chi connectivity index (χ3v) is 17.8. The van der Waals surface area contributed by atoms with Gasteiger partial charge in [0.2, 0.25) is 0 Å². The molecule has 3 aromatic carbocycles. The number of halogens is 3. The van der Waals surface area contributed by atoms with Crippen LogP contribution < -0.4 is 52.9 Å². The normalized spacial score (nSPS) is 14.7. The smallest absolute Gasteiger partial charge is 1.00 e. The fraction of sp³-hybridized carbons (Fsp3) is 0. The van der Waals surface area contributed by atoms with Crippen molar-refractivity contribution in [2.75, 3.05) is 0 Å². The summed E-state index contributed by atoms with van der Waals surface area (Å²) in [5.74, 6) is 0. The fourth-order valence-electron chi connectivity index (χ4n) is 5.18. The Morgan fingerprint density at radius 1 is 0.378 bits per heavy atom. The molecule has 0 spiro atoms. The zero-order valence-electron chi connectivity index (χ0n) is 23.8. The minimum absolute atomic E-state index is 0. The van der Waals surface area contributed by atoms with E-state index in [1.807, 2.05) is 0 Å². The number of hydrogen-bond donors (Lipinski definition) is 0. The van der Waals surface area contributed by atoms with Crippen LogP contribution in [0.5, 0.6) is 0 Å². The molecule has 9 rings (SSSR count). The van der Waals surface area contributed by atoms with E-state index in [1.54, 1.807) is 19.8 Å². The van der Waals surface area contributed by atoms with E-state index in [0.717, 1.165) is 0 Å². The van der Waals surface area contributed by atoms with Gasteiger partial charge >= 0.3 is 341 Å². The standard InChI is InChI=1S/3C12H8.3ClH.3Sb.3Zr/c3*1-3-7-11(8-4-1)12-9-5-2-6-10-12;;;;;;;;;/h3*1-7,9H;3*1H;;;;;;/q3*-1;;;;;;;3*+2/p-3. The molecule has 3 aliphatic carbocycles. The van der Waals surface area contributed by atoms with Crippen LogP contribution in [0.4, 0.5) is 0 Å². The summed E-state index contributed by atoms with van der Waals surface area (Å²) in [6, 6.07) is 26.5. The van der Waals surface area contributed by atoms with Gasteiger partial charge in [0.15, 0.2) is 0 Å². The van der Waals surface area contributed by atoms with Crippen molar-refractivity contribution in [1.29, 1.82) is 0 Å². The Labute approximate surface area is 371 Å². The van der Waals surface area contributed by atoms with Gasteiger partial charge in [-0.1, -0.05) is 0 Å². The summed E-state index contributed by atoms with van der Waals surface area (Å²) < 4.78 is 9.67. The molecule has 6 aliphatic rings. The van der Waals surface area contributed by atoms with Gasteiger partial charge in [0.1, 0.15) is 0 Å². The molecule has 9 heteroatoms. The average molecular weight is 1200 g/mol. The van der Waals surface area contributed by atoms with Gasteiger partial charge in [-0.15, -0.1) is 0 Å². The molecule has 0 amide bonds. The van der Waals surface area contributed by atoms with Crippen LogP contribution in [0.1, 0.15) is 0 Å². The van der Waals surface area contributed by atoms with Crippen molar-refractivity contribution in [3.63, 3.8) is 0 Å². The van der Waals surface area contributed by atoms with E-state index in [9.17, 15) is 0 Å². The van der Waals surface area contributed by atoms with Crippen LogP contribution in [-0.4, -0.2) is 63.4 Å². The number of benzene rings is 3. The Bertz CT molecular complexity index is 1870. The third-order valence-electron chi connectivity index (χ3n) is 7.02. The van der Waals surface area contributed by atoms with E-state index in [2.05, 4.69) is 147 Å². The van der Waals surface area contributed by atoms with Crippen molar-refractivity contribution in [3.8, 4) is 0 Å². The number of rotatable bonds is 0. The van der Waals surface area contributed by atoms with Gasteiger partial charge in [0.05, 0.1) is 0 Å². The van der Waals surface area contributed by atoms with E-state index in [-0.39, 0.29) is 179 Å². The number of allylic oxidation sites excluding steroid dienone is 12. The second kappa shape index (κ2) is 21.5. The Hall–Kier alpha value is 1.29. The first-order chi connectivity index (χ1) is 19.3. The molecule has 0 nitrogen and oxygen atoms in total. The Balaban J connectivity index is 0.000000316. The van der Waals surface area contributed by atoms with Crippen LogP contribution in [0.3, 0.4) is 0 Å². The molecule has 0 saturated heterocycles. The molecule has 3 aromatic rings. The van der Waals surface area contributed by atoms with Gasteiger partial charge in [-0.3, -0.25) is 0 Å². The SMILES string of the molecule is C1=C[CH-]C2=c3cccc[c]3=[Sb][C]2=C1.C1=C[CH-]C2=c3cccc[c]3=[Sb][C]2=C1.C1=C[CH-]C2=c3cccc[c]3=[Sb][C]2=C1.[Cl-].[Cl-].[Cl-].[Zr+2].[Zr+2].[Zr+2]. The van der Waals surface area contributed by atoms with Crippen molar-refractivity contribution in [2.45, 2.75) is 0 Å². The molecular weight excluding hydrogens is 1180 g/mol. The van der Waals surface area contributed by atoms with Gasteiger partial charge in [-0.2, -0.15) is 0 Å². The molecule has 216 valence electrons. The predicted molar refractivity (Wildman–Crippen MR) is 167 cm³/mol. The van der Waals surface area contributed by atoms with E-state index in [1.165, 1.54) is 32.4 Å². The van der Waals surface area contributed by atoms with Crippen LogP contribution in [0.15, 0.2) is 138 Å². The molecular formula is C36H24Cl3Sb3Zr3. The largest absolute Gasteiger partial charge is 2.00 e. The van der Waals surface area contributed by atoms with Gasteiger partial charge < -0.3 is 37.2 Å². The van der Waals surface area contributed by atoms with Crippen LogP contribution in [-0.2, 0) is 78.6 Å². The van der Waals surface area contributed by atoms with Crippen LogP contribution in [0, 0.1) is 28.5 Å². The molecule has 0 unspecified atom stereocenters. The number of fused-ring (bicyclic) bond motifs is 6. The zero-order valence-corrected chi connectivity index (χ0v) is 41.1. The third kappa shape index (κ3) is 10.2. The van der Waals surface area contributed by atoms with Gasteiger partial charge in [-0.25, -0.2) is 0 Å². The second-order valence-corrected chi connectivity index (χ2v) is 19.6. The summed E-state index contributed by atoms with van der Waals surface area (Å²) in [6.45, 7) is 0. The van der Waals surface area contributed by atoms with Crippen molar-refractivity contribution in [2.24, 2.45) is 0 Å². The molecule has 0 fully saturated rings. The fourth-order valence-corrected chi connectivity index (χ4v) is 15.6. The topological polar surface area (TPSA) is 0 Å². The van der Waals surface area contributed by atoms with Crippen LogP contribution in [0.25, 0.3) is 16.7 Å². The Morgan fingerprint density at radius 3 is 0.933 bits per heavy atom. The summed E-state index contributed by atoms with van der Waals surface area (Å²) in [5.41, 5.74) is 4.44. The summed E-state index contributed by atoms with van der Waals surface area (Å²) in [7, 11) is 0. The first-order valence-corrected chi connectivity index (χ1v) is 20.7. The summed E-state index contributed by atoms with van der Waals surface area (Å²) in [4.78, 5) is 0. The molecule has 0 saturated carbocycles. The van der Waals surface area contributed by atoms with Crippen molar-refractivity contribution in [1.82, 2.24) is 0 Å². The van der Waals surface area contributed by atoms with Crippen molar-refractivity contribution < 1.29 is 116 Å². The molecule has 0 bridgehead atoms. The molecule has 0 aromatic heterocycles. The van der Waals surface area contributed by atoms with Crippen molar-refractivity contribution in [3.05, 3.63) is 182 Å². The van der Waals surface area contributed by atoms with Gasteiger partial charge in [0.25, 0.3) is 0 Å². The molecule has 3 heterocycles. The maximum Gasteiger partial charge on any atom is 2.00 e. The minimum atomic E-state index is -0.261. The van der Waals surface area contributed by atoms with Gasteiger partial charge in [0, 0.05) is 0 Å². The average Bonchev–Trinajstić information content (AvgIpc) is 3.69. The quantitative estimate of drug-likeness (QED) is 0.158. The first kappa shape index (κ1) is 44.3. The second-order valence-electron chi connectivity index (χ2n) is 9.44. The van der Waals surface area contributed by atoms with Gasteiger partial charge in [-0.05, 0) is 0 Å².